The molecule has 0 atom stereocenters. The predicted molar refractivity (Wildman–Crippen MR) is 111 cm³/mol. The molecule has 132 valence electrons. The average Bonchev–Trinajstić information content (AvgIpc) is 2.68. The lowest BCUT2D eigenvalue weighted by molar-refractivity contribution is -0.118. The molecule has 0 saturated heterocycles. The zero-order valence-electron chi connectivity index (χ0n) is 14.0. The van der Waals surface area contributed by atoms with E-state index in [0.29, 0.717) is 5.75 Å². The van der Waals surface area contributed by atoms with E-state index in [4.69, 9.17) is 4.74 Å². The number of ether oxygens (including phenoxy) is 1. The molecule has 1 amide bonds. The van der Waals surface area contributed by atoms with Crippen LogP contribution in [0.1, 0.15) is 5.56 Å². The first-order chi connectivity index (χ1) is 12.7. The molecule has 0 aliphatic rings. The average molecular weight is 428 g/mol. The van der Waals surface area contributed by atoms with Crippen LogP contribution >= 0.6 is 27.7 Å². The van der Waals surface area contributed by atoms with Crippen molar-refractivity contribution in [3.8, 4) is 5.75 Å². The molecule has 0 aliphatic carbocycles. The van der Waals surface area contributed by atoms with E-state index in [0.717, 1.165) is 15.9 Å². The number of benzene rings is 3. The van der Waals surface area contributed by atoms with Crippen LogP contribution in [-0.2, 0) is 10.5 Å². The number of nitrogens with one attached hydrogen (secondary N) is 1. The number of hydrogen-bond acceptors (Lipinski definition) is 3. The Labute approximate surface area is 165 Å². The van der Waals surface area contributed by atoms with Gasteiger partial charge in [0.15, 0.2) is 6.61 Å². The van der Waals surface area contributed by atoms with Crippen LogP contribution in [0.15, 0.2) is 88.2 Å². The van der Waals surface area contributed by atoms with Crippen molar-refractivity contribution in [1.29, 1.82) is 0 Å². The van der Waals surface area contributed by atoms with Crippen molar-refractivity contribution in [3.05, 3.63) is 88.9 Å². The van der Waals surface area contributed by atoms with E-state index >= 15 is 0 Å². The molecule has 26 heavy (non-hydrogen) atoms. The standard InChI is InChI=1S/C21H18BrNO2S/c22-17-8-12-19(13-9-17)25-14-21(24)23-18-10-6-16(7-11-18)15-26-20-4-2-1-3-5-20/h1-13H,14-15H2,(H,23,24). The van der Waals surface area contributed by atoms with E-state index in [1.807, 2.05) is 66.7 Å². The minimum atomic E-state index is -0.181. The van der Waals surface area contributed by atoms with Gasteiger partial charge in [-0.15, -0.1) is 11.8 Å². The van der Waals surface area contributed by atoms with Crippen molar-refractivity contribution in [3.63, 3.8) is 0 Å². The number of amides is 1. The Hall–Kier alpha value is -2.24. The van der Waals surface area contributed by atoms with Crippen molar-refractivity contribution >= 4 is 39.3 Å². The lowest BCUT2D eigenvalue weighted by atomic mass is 10.2. The monoisotopic (exact) mass is 427 g/mol. The number of rotatable bonds is 7. The fourth-order valence-corrected chi connectivity index (χ4v) is 3.38. The third-order valence-electron chi connectivity index (χ3n) is 3.57. The molecule has 0 radical (unpaired) electrons. The van der Waals surface area contributed by atoms with Gasteiger partial charge in [-0.1, -0.05) is 46.3 Å². The number of halogens is 1. The van der Waals surface area contributed by atoms with E-state index in [9.17, 15) is 4.79 Å². The predicted octanol–water partition coefficient (Wildman–Crippen LogP) is 5.76. The number of anilines is 1. The van der Waals surface area contributed by atoms with Gasteiger partial charge in [0, 0.05) is 20.8 Å². The lowest BCUT2D eigenvalue weighted by Gasteiger charge is -2.08. The second kappa shape index (κ2) is 9.46. The molecular weight excluding hydrogens is 410 g/mol. The molecule has 0 unspecified atom stereocenters. The Morgan fingerprint density at radius 2 is 1.62 bits per heavy atom. The molecule has 3 aromatic rings. The van der Waals surface area contributed by atoms with E-state index in [1.54, 1.807) is 11.8 Å². The Balaban J connectivity index is 1.45. The topological polar surface area (TPSA) is 38.3 Å². The first-order valence-corrected chi connectivity index (χ1v) is 9.92. The highest BCUT2D eigenvalue weighted by atomic mass is 79.9. The van der Waals surface area contributed by atoms with E-state index < -0.39 is 0 Å². The summed E-state index contributed by atoms with van der Waals surface area (Å²) >= 11 is 5.15. The van der Waals surface area contributed by atoms with Gasteiger partial charge in [-0.25, -0.2) is 0 Å². The zero-order valence-corrected chi connectivity index (χ0v) is 16.4. The second-order valence-electron chi connectivity index (χ2n) is 5.59. The number of carbonyl (C=O) groups excluding carboxylic acids is 1. The molecule has 5 heteroatoms. The first-order valence-electron chi connectivity index (χ1n) is 8.14. The third-order valence-corrected chi connectivity index (χ3v) is 5.18. The summed E-state index contributed by atoms with van der Waals surface area (Å²) in [6.07, 6.45) is 0. The van der Waals surface area contributed by atoms with Crippen molar-refractivity contribution in [2.75, 3.05) is 11.9 Å². The lowest BCUT2D eigenvalue weighted by Crippen LogP contribution is -2.20. The summed E-state index contributed by atoms with van der Waals surface area (Å²) in [5, 5.41) is 2.84. The SMILES string of the molecule is O=C(COc1ccc(Br)cc1)Nc1ccc(CSc2ccccc2)cc1. The quantitative estimate of drug-likeness (QED) is 0.487. The summed E-state index contributed by atoms with van der Waals surface area (Å²) in [5.41, 5.74) is 1.98. The van der Waals surface area contributed by atoms with E-state index in [2.05, 4.69) is 33.4 Å². The van der Waals surface area contributed by atoms with Gasteiger partial charge < -0.3 is 10.1 Å². The summed E-state index contributed by atoms with van der Waals surface area (Å²) in [7, 11) is 0. The molecule has 0 saturated carbocycles. The molecule has 3 aromatic carbocycles. The smallest absolute Gasteiger partial charge is 0.262 e. The van der Waals surface area contributed by atoms with Crippen LogP contribution < -0.4 is 10.1 Å². The van der Waals surface area contributed by atoms with Crippen LogP contribution in [0, 0.1) is 0 Å². The highest BCUT2D eigenvalue weighted by Crippen LogP contribution is 2.23. The Morgan fingerprint density at radius 1 is 0.923 bits per heavy atom. The van der Waals surface area contributed by atoms with Crippen molar-refractivity contribution in [2.24, 2.45) is 0 Å². The molecule has 0 heterocycles. The van der Waals surface area contributed by atoms with Crippen molar-refractivity contribution in [2.45, 2.75) is 10.6 Å². The Kier molecular flexibility index (Phi) is 6.75. The number of carbonyl (C=O) groups is 1. The van der Waals surface area contributed by atoms with Crippen LogP contribution in [-0.4, -0.2) is 12.5 Å². The van der Waals surface area contributed by atoms with Gasteiger partial charge in [0.25, 0.3) is 5.91 Å². The molecule has 0 bridgehead atoms. The molecule has 0 aliphatic heterocycles. The largest absolute Gasteiger partial charge is 0.484 e. The normalized spacial score (nSPS) is 10.3. The van der Waals surface area contributed by atoms with Gasteiger partial charge in [-0.05, 0) is 54.1 Å². The van der Waals surface area contributed by atoms with Gasteiger partial charge in [-0.2, -0.15) is 0 Å². The summed E-state index contributed by atoms with van der Waals surface area (Å²) in [6.45, 7) is -0.0206. The Morgan fingerprint density at radius 3 is 2.31 bits per heavy atom. The van der Waals surface area contributed by atoms with Crippen molar-refractivity contribution < 1.29 is 9.53 Å². The molecule has 0 spiro atoms. The number of thioether (sulfide) groups is 1. The van der Waals surface area contributed by atoms with Gasteiger partial charge in [0.1, 0.15) is 5.75 Å². The van der Waals surface area contributed by atoms with Gasteiger partial charge in [0.05, 0.1) is 0 Å². The highest BCUT2D eigenvalue weighted by Gasteiger charge is 2.04. The molecule has 0 aromatic heterocycles. The molecule has 1 N–H and O–H groups in total. The minimum absolute atomic E-state index is 0.0206. The molecule has 0 fully saturated rings. The number of hydrogen-bond donors (Lipinski definition) is 1. The third kappa shape index (κ3) is 5.93. The van der Waals surface area contributed by atoms with Crippen molar-refractivity contribution in [1.82, 2.24) is 0 Å². The highest BCUT2D eigenvalue weighted by molar-refractivity contribution is 9.10. The maximum atomic E-state index is 12.0. The Bertz CT molecular complexity index is 836. The van der Waals surface area contributed by atoms with Crippen LogP contribution in [0.2, 0.25) is 0 Å². The summed E-state index contributed by atoms with van der Waals surface area (Å²) in [6, 6.07) is 25.6. The minimum Gasteiger partial charge on any atom is -0.484 e. The second-order valence-corrected chi connectivity index (χ2v) is 7.55. The summed E-state index contributed by atoms with van der Waals surface area (Å²) < 4.78 is 6.44. The fraction of sp³-hybridized carbons (Fsp3) is 0.0952. The zero-order chi connectivity index (χ0) is 18.2. The maximum absolute atomic E-state index is 12.0. The fourth-order valence-electron chi connectivity index (χ4n) is 2.24. The first kappa shape index (κ1) is 18.5. The summed E-state index contributed by atoms with van der Waals surface area (Å²) in [4.78, 5) is 13.2. The summed E-state index contributed by atoms with van der Waals surface area (Å²) in [5.74, 6) is 1.38. The van der Waals surface area contributed by atoms with Crippen LogP contribution in [0.3, 0.4) is 0 Å². The molecule has 3 rings (SSSR count). The maximum Gasteiger partial charge on any atom is 0.262 e. The van der Waals surface area contributed by atoms with E-state index in [1.165, 1.54) is 10.5 Å². The molecule has 3 nitrogen and oxygen atoms in total. The van der Waals surface area contributed by atoms with Gasteiger partial charge >= 0.3 is 0 Å². The van der Waals surface area contributed by atoms with Crippen LogP contribution in [0.25, 0.3) is 0 Å². The van der Waals surface area contributed by atoms with E-state index in [-0.39, 0.29) is 12.5 Å². The van der Waals surface area contributed by atoms with Crippen LogP contribution in [0.5, 0.6) is 5.75 Å². The van der Waals surface area contributed by atoms with Gasteiger partial charge in [-0.3, -0.25) is 4.79 Å². The molecular formula is C21H18BrNO2S. The van der Waals surface area contributed by atoms with Crippen LogP contribution in [0.4, 0.5) is 5.69 Å². The van der Waals surface area contributed by atoms with Gasteiger partial charge in [0.2, 0.25) is 0 Å².